The minimum Gasteiger partial charge on any atom is -0.484 e. The monoisotopic (exact) mass is 344 g/mol. The number of rotatable bonds is 6. The molecule has 0 aromatic heterocycles. The van der Waals surface area contributed by atoms with Gasteiger partial charge in [-0.3, -0.25) is 4.79 Å². The molecular formula is C19H21ClN2O2. The Hall–Kier alpha value is -2.33. The first kappa shape index (κ1) is 18.0. The van der Waals surface area contributed by atoms with Gasteiger partial charge in [0.05, 0.1) is 6.21 Å². The molecule has 0 bridgehead atoms. The molecule has 0 fully saturated rings. The fourth-order valence-corrected chi connectivity index (χ4v) is 2.15. The second-order valence-corrected chi connectivity index (χ2v) is 6.22. The van der Waals surface area contributed by atoms with Gasteiger partial charge < -0.3 is 4.74 Å². The smallest absolute Gasteiger partial charge is 0.277 e. The van der Waals surface area contributed by atoms with Crippen LogP contribution < -0.4 is 10.2 Å². The zero-order valence-electron chi connectivity index (χ0n) is 14.0. The third-order valence-electron chi connectivity index (χ3n) is 3.51. The van der Waals surface area contributed by atoms with Gasteiger partial charge in [-0.15, -0.1) is 0 Å². The fourth-order valence-electron chi connectivity index (χ4n) is 2.03. The lowest BCUT2D eigenvalue weighted by Crippen LogP contribution is -2.24. The van der Waals surface area contributed by atoms with E-state index in [-0.39, 0.29) is 12.5 Å². The topological polar surface area (TPSA) is 50.7 Å². The number of hydrogen-bond donors (Lipinski definition) is 1. The molecular weight excluding hydrogens is 324 g/mol. The summed E-state index contributed by atoms with van der Waals surface area (Å²) in [7, 11) is 0. The first-order valence-electron chi connectivity index (χ1n) is 7.76. The van der Waals surface area contributed by atoms with Crippen LogP contribution in [0.15, 0.2) is 47.6 Å². The van der Waals surface area contributed by atoms with Crippen molar-refractivity contribution in [3.05, 3.63) is 64.2 Å². The molecule has 1 N–H and O–H groups in total. The summed E-state index contributed by atoms with van der Waals surface area (Å²) in [5, 5.41) is 4.60. The van der Waals surface area contributed by atoms with Gasteiger partial charge in [0.25, 0.3) is 5.91 Å². The molecule has 0 radical (unpaired) electrons. The van der Waals surface area contributed by atoms with Crippen molar-refractivity contribution in [1.82, 2.24) is 5.43 Å². The molecule has 1 amide bonds. The third-order valence-corrected chi connectivity index (χ3v) is 3.93. The number of ether oxygens (including phenoxy) is 1. The maximum atomic E-state index is 11.7. The van der Waals surface area contributed by atoms with Crippen molar-refractivity contribution in [2.45, 2.75) is 26.7 Å². The molecule has 5 heteroatoms. The van der Waals surface area contributed by atoms with E-state index < -0.39 is 0 Å². The SMILES string of the molecule is Cc1cc(OCC(=O)N/N=C\c2ccc(C(C)C)cc2)ccc1Cl. The zero-order valence-corrected chi connectivity index (χ0v) is 14.8. The molecule has 0 unspecified atom stereocenters. The largest absolute Gasteiger partial charge is 0.484 e. The van der Waals surface area contributed by atoms with Crippen molar-refractivity contribution in [1.29, 1.82) is 0 Å². The van der Waals surface area contributed by atoms with Crippen LogP contribution in [0.2, 0.25) is 5.02 Å². The number of hydrogen-bond acceptors (Lipinski definition) is 3. The predicted molar refractivity (Wildman–Crippen MR) is 98.0 cm³/mol. The summed E-state index contributed by atoms with van der Waals surface area (Å²) in [5.74, 6) is 0.766. The lowest BCUT2D eigenvalue weighted by atomic mass is 10.0. The number of hydrazone groups is 1. The van der Waals surface area contributed by atoms with E-state index in [2.05, 4.69) is 36.5 Å². The van der Waals surface area contributed by atoms with Crippen LogP contribution in [0.1, 0.15) is 36.5 Å². The van der Waals surface area contributed by atoms with E-state index in [1.807, 2.05) is 19.1 Å². The summed E-state index contributed by atoms with van der Waals surface area (Å²) in [5.41, 5.74) is 5.54. The number of nitrogens with one attached hydrogen (secondary N) is 1. The molecule has 0 heterocycles. The minimum absolute atomic E-state index is 0.106. The average molecular weight is 345 g/mol. The van der Waals surface area contributed by atoms with Gasteiger partial charge in [-0.25, -0.2) is 5.43 Å². The van der Waals surface area contributed by atoms with Crippen molar-refractivity contribution >= 4 is 23.7 Å². The van der Waals surface area contributed by atoms with Crippen LogP contribution in [-0.2, 0) is 4.79 Å². The van der Waals surface area contributed by atoms with Crippen LogP contribution in [-0.4, -0.2) is 18.7 Å². The van der Waals surface area contributed by atoms with Crippen LogP contribution in [0.4, 0.5) is 0 Å². The molecule has 0 saturated heterocycles. The van der Waals surface area contributed by atoms with Gasteiger partial charge in [0.1, 0.15) is 5.75 Å². The highest BCUT2D eigenvalue weighted by atomic mass is 35.5. The van der Waals surface area contributed by atoms with E-state index >= 15 is 0 Å². The zero-order chi connectivity index (χ0) is 17.5. The summed E-state index contributed by atoms with van der Waals surface area (Å²) >= 11 is 5.94. The van der Waals surface area contributed by atoms with Crippen molar-refractivity contribution in [3.63, 3.8) is 0 Å². The van der Waals surface area contributed by atoms with Crippen LogP contribution in [0, 0.1) is 6.92 Å². The lowest BCUT2D eigenvalue weighted by Gasteiger charge is -2.06. The van der Waals surface area contributed by atoms with Crippen LogP contribution >= 0.6 is 11.6 Å². The maximum absolute atomic E-state index is 11.7. The molecule has 4 nitrogen and oxygen atoms in total. The number of benzene rings is 2. The van der Waals surface area contributed by atoms with Gasteiger partial charge in [0, 0.05) is 5.02 Å². The molecule has 0 aliphatic heterocycles. The molecule has 0 saturated carbocycles. The summed E-state index contributed by atoms with van der Waals surface area (Å²) in [4.78, 5) is 11.7. The van der Waals surface area contributed by atoms with Crippen LogP contribution in [0.5, 0.6) is 5.75 Å². The van der Waals surface area contributed by atoms with E-state index in [0.29, 0.717) is 16.7 Å². The number of amides is 1. The molecule has 0 aliphatic rings. The van der Waals surface area contributed by atoms with Crippen molar-refractivity contribution in [2.75, 3.05) is 6.61 Å². The Bertz CT molecular complexity index is 725. The Morgan fingerprint density at radius 3 is 2.58 bits per heavy atom. The Morgan fingerprint density at radius 2 is 1.96 bits per heavy atom. The minimum atomic E-state index is -0.322. The molecule has 2 aromatic rings. The van der Waals surface area contributed by atoms with E-state index in [1.165, 1.54) is 5.56 Å². The van der Waals surface area contributed by atoms with Gasteiger partial charge in [-0.05, 0) is 47.7 Å². The highest BCUT2D eigenvalue weighted by Gasteiger charge is 2.03. The van der Waals surface area contributed by atoms with E-state index in [9.17, 15) is 4.79 Å². The Labute approximate surface area is 147 Å². The van der Waals surface area contributed by atoms with Gasteiger partial charge >= 0.3 is 0 Å². The van der Waals surface area contributed by atoms with Crippen molar-refractivity contribution < 1.29 is 9.53 Å². The fraction of sp³-hybridized carbons (Fsp3) is 0.263. The van der Waals surface area contributed by atoms with Crippen LogP contribution in [0.25, 0.3) is 0 Å². The third kappa shape index (κ3) is 5.39. The van der Waals surface area contributed by atoms with E-state index in [4.69, 9.17) is 16.3 Å². The van der Waals surface area contributed by atoms with E-state index in [0.717, 1.165) is 11.1 Å². The highest BCUT2D eigenvalue weighted by Crippen LogP contribution is 2.20. The quantitative estimate of drug-likeness (QED) is 0.627. The number of aryl methyl sites for hydroxylation is 1. The van der Waals surface area contributed by atoms with Crippen LogP contribution in [0.3, 0.4) is 0 Å². The Balaban J connectivity index is 1.80. The number of nitrogens with zero attached hydrogens (tertiary/aromatic N) is 1. The number of carbonyl (C=O) groups excluding carboxylic acids is 1. The molecule has 24 heavy (non-hydrogen) atoms. The summed E-state index contributed by atoms with van der Waals surface area (Å²) in [6, 6.07) is 13.3. The standard InChI is InChI=1S/C19H21ClN2O2/c1-13(2)16-6-4-15(5-7-16)11-21-22-19(23)12-24-17-8-9-18(20)14(3)10-17/h4-11,13H,12H2,1-3H3,(H,22,23)/b21-11-. The van der Waals surface area contributed by atoms with Crippen molar-refractivity contribution in [3.8, 4) is 5.75 Å². The highest BCUT2D eigenvalue weighted by molar-refractivity contribution is 6.31. The van der Waals surface area contributed by atoms with Gasteiger partial charge in [0.2, 0.25) is 0 Å². The average Bonchev–Trinajstić information content (AvgIpc) is 2.56. The number of carbonyl (C=O) groups is 1. The van der Waals surface area contributed by atoms with E-state index in [1.54, 1.807) is 24.4 Å². The lowest BCUT2D eigenvalue weighted by molar-refractivity contribution is -0.123. The second-order valence-electron chi connectivity index (χ2n) is 5.81. The molecule has 0 spiro atoms. The predicted octanol–water partition coefficient (Wildman–Crippen LogP) is 4.30. The first-order valence-corrected chi connectivity index (χ1v) is 8.14. The summed E-state index contributed by atoms with van der Waals surface area (Å²) < 4.78 is 5.40. The van der Waals surface area contributed by atoms with Crippen molar-refractivity contribution in [2.24, 2.45) is 5.10 Å². The second kappa shape index (κ2) is 8.50. The van der Waals surface area contributed by atoms with Gasteiger partial charge in [-0.1, -0.05) is 49.7 Å². The molecule has 126 valence electrons. The normalized spacial score (nSPS) is 11.0. The maximum Gasteiger partial charge on any atom is 0.277 e. The molecule has 0 atom stereocenters. The molecule has 0 aliphatic carbocycles. The van der Waals surface area contributed by atoms with Gasteiger partial charge in [-0.2, -0.15) is 5.10 Å². The Kier molecular flexibility index (Phi) is 6.38. The first-order chi connectivity index (χ1) is 11.5. The number of halogens is 1. The summed E-state index contributed by atoms with van der Waals surface area (Å²) in [6.07, 6.45) is 1.61. The molecule has 2 rings (SSSR count). The Morgan fingerprint density at radius 1 is 1.25 bits per heavy atom. The van der Waals surface area contributed by atoms with Gasteiger partial charge in [0.15, 0.2) is 6.61 Å². The summed E-state index contributed by atoms with van der Waals surface area (Å²) in [6.45, 7) is 6.06. The molecule has 2 aromatic carbocycles.